The molecule has 30 heavy (non-hydrogen) atoms. The van der Waals surface area contributed by atoms with Crippen LogP contribution in [0.15, 0.2) is 40.6 Å². The van der Waals surface area contributed by atoms with Gasteiger partial charge in [0.25, 0.3) is 0 Å². The van der Waals surface area contributed by atoms with Gasteiger partial charge in [0.1, 0.15) is 0 Å². The van der Waals surface area contributed by atoms with Crippen LogP contribution >= 0.6 is 11.3 Å². The van der Waals surface area contributed by atoms with E-state index in [0.717, 1.165) is 31.5 Å². The molecule has 2 aliphatic rings. The summed E-state index contributed by atoms with van der Waals surface area (Å²) in [5.41, 5.74) is 0. The Morgan fingerprint density at radius 2 is 1.83 bits per heavy atom. The van der Waals surface area contributed by atoms with Gasteiger partial charge >= 0.3 is 0 Å². The highest BCUT2D eigenvalue weighted by atomic mass is 32.2. The Balaban J connectivity index is 1.36. The highest BCUT2D eigenvalue weighted by Crippen LogP contribution is 2.34. The van der Waals surface area contributed by atoms with Crippen LogP contribution in [0.2, 0.25) is 0 Å². The van der Waals surface area contributed by atoms with E-state index in [1.165, 1.54) is 9.18 Å². The van der Waals surface area contributed by atoms with Gasteiger partial charge in [-0.3, -0.25) is 9.69 Å². The van der Waals surface area contributed by atoms with Crippen LogP contribution in [0.25, 0.3) is 0 Å². The van der Waals surface area contributed by atoms with Crippen molar-refractivity contribution in [2.24, 2.45) is 0 Å². The lowest BCUT2D eigenvalue weighted by Crippen LogP contribution is -2.52. The van der Waals surface area contributed by atoms with Crippen LogP contribution in [-0.4, -0.2) is 67.7 Å². The van der Waals surface area contributed by atoms with E-state index in [2.05, 4.69) is 11.0 Å². The molecular formula is C20H23F2N3O3S2. The van der Waals surface area contributed by atoms with Crippen molar-refractivity contribution in [3.05, 3.63) is 52.2 Å². The summed E-state index contributed by atoms with van der Waals surface area (Å²) in [6.45, 7) is 2.00. The summed E-state index contributed by atoms with van der Waals surface area (Å²) in [5, 5.41) is 2.04. The number of nitrogens with zero attached hydrogens (tertiary/aromatic N) is 3. The van der Waals surface area contributed by atoms with Gasteiger partial charge in [-0.05, 0) is 49.0 Å². The molecule has 10 heteroatoms. The molecule has 0 radical (unpaired) electrons. The number of hydrogen-bond acceptors (Lipinski definition) is 5. The zero-order chi connectivity index (χ0) is 21.3. The Morgan fingerprint density at radius 1 is 1.07 bits per heavy atom. The van der Waals surface area contributed by atoms with Crippen LogP contribution in [0.4, 0.5) is 8.78 Å². The molecule has 0 bridgehead atoms. The minimum Gasteiger partial charge on any atom is -0.339 e. The molecule has 1 aromatic carbocycles. The predicted molar refractivity (Wildman–Crippen MR) is 110 cm³/mol. The van der Waals surface area contributed by atoms with Crippen LogP contribution in [-0.2, 0) is 14.8 Å². The summed E-state index contributed by atoms with van der Waals surface area (Å²) in [6, 6.07) is 6.94. The second kappa shape index (κ2) is 8.70. The van der Waals surface area contributed by atoms with E-state index < -0.39 is 21.7 Å². The normalized spacial score (nSPS) is 21.3. The SMILES string of the molecule is O=C(CN1CCCC1c1cccs1)N1CCN(S(=O)(=O)c2ccc(F)c(F)c2)CC1. The van der Waals surface area contributed by atoms with Crippen molar-refractivity contribution in [3.63, 3.8) is 0 Å². The Labute approximate surface area is 178 Å². The fraction of sp³-hybridized carbons (Fsp3) is 0.450. The van der Waals surface area contributed by atoms with E-state index in [4.69, 9.17) is 0 Å². The molecule has 6 nitrogen and oxygen atoms in total. The molecule has 2 fully saturated rings. The lowest BCUT2D eigenvalue weighted by atomic mass is 10.2. The third-order valence-corrected chi connectivity index (χ3v) is 8.56. The third kappa shape index (κ3) is 4.27. The first-order chi connectivity index (χ1) is 14.4. The summed E-state index contributed by atoms with van der Waals surface area (Å²) < 4.78 is 53.2. The first-order valence-corrected chi connectivity index (χ1v) is 12.2. The third-order valence-electron chi connectivity index (χ3n) is 5.69. The van der Waals surface area contributed by atoms with Gasteiger partial charge in [-0.1, -0.05) is 6.07 Å². The second-order valence-electron chi connectivity index (χ2n) is 7.50. The number of likely N-dealkylation sites (tertiary alicyclic amines) is 1. The van der Waals surface area contributed by atoms with E-state index in [1.807, 2.05) is 11.4 Å². The minimum absolute atomic E-state index is 0.0108. The number of sulfonamides is 1. The van der Waals surface area contributed by atoms with Crippen LogP contribution < -0.4 is 0 Å². The minimum atomic E-state index is -3.93. The molecule has 1 unspecified atom stereocenters. The number of piperazine rings is 1. The molecule has 3 heterocycles. The molecule has 2 aromatic rings. The summed E-state index contributed by atoms with van der Waals surface area (Å²) in [4.78, 5) is 17.7. The van der Waals surface area contributed by atoms with Crippen molar-refractivity contribution in [3.8, 4) is 0 Å². The van der Waals surface area contributed by atoms with Gasteiger partial charge in [-0.2, -0.15) is 4.31 Å². The first-order valence-electron chi connectivity index (χ1n) is 9.86. The van der Waals surface area contributed by atoms with Gasteiger partial charge in [0, 0.05) is 37.1 Å². The van der Waals surface area contributed by atoms with Gasteiger partial charge in [0.15, 0.2) is 11.6 Å². The number of carbonyl (C=O) groups excluding carboxylic acids is 1. The monoisotopic (exact) mass is 455 g/mol. The van der Waals surface area contributed by atoms with Crippen LogP contribution in [0, 0.1) is 11.6 Å². The first kappa shape index (κ1) is 21.4. The van der Waals surface area contributed by atoms with Crippen LogP contribution in [0.5, 0.6) is 0 Å². The molecule has 1 aromatic heterocycles. The fourth-order valence-corrected chi connectivity index (χ4v) is 6.39. The standard InChI is InChI=1S/C20H23F2N3O3S2/c21-16-6-5-15(13-17(16)22)30(27,28)25-10-8-23(9-11-25)20(26)14-24-7-1-3-18(24)19-4-2-12-29-19/h2,4-6,12-13,18H,1,3,7-11,14H2. The smallest absolute Gasteiger partial charge is 0.243 e. The van der Waals surface area contributed by atoms with Gasteiger partial charge in [-0.25, -0.2) is 17.2 Å². The summed E-state index contributed by atoms with van der Waals surface area (Å²) >= 11 is 1.70. The quantitative estimate of drug-likeness (QED) is 0.696. The van der Waals surface area contributed by atoms with Crippen molar-refractivity contribution in [1.82, 2.24) is 14.1 Å². The molecule has 0 aliphatic carbocycles. The van der Waals surface area contributed by atoms with Crippen molar-refractivity contribution >= 4 is 27.3 Å². The summed E-state index contributed by atoms with van der Waals surface area (Å²) in [5.74, 6) is -2.30. The summed E-state index contributed by atoms with van der Waals surface area (Å²) in [6.07, 6.45) is 2.09. The Kier molecular flexibility index (Phi) is 6.19. The number of carbonyl (C=O) groups is 1. The molecule has 0 saturated carbocycles. The molecule has 4 rings (SSSR count). The zero-order valence-corrected chi connectivity index (χ0v) is 18.0. The average molecular weight is 456 g/mol. The Morgan fingerprint density at radius 3 is 2.50 bits per heavy atom. The highest BCUT2D eigenvalue weighted by molar-refractivity contribution is 7.89. The van der Waals surface area contributed by atoms with E-state index in [9.17, 15) is 22.0 Å². The van der Waals surface area contributed by atoms with Gasteiger partial charge in [-0.15, -0.1) is 11.3 Å². The summed E-state index contributed by atoms with van der Waals surface area (Å²) in [7, 11) is -3.93. The number of halogens is 2. The maximum absolute atomic E-state index is 13.5. The Bertz CT molecular complexity index is 1010. The molecule has 2 aliphatic heterocycles. The van der Waals surface area contributed by atoms with Gasteiger partial charge in [0.2, 0.25) is 15.9 Å². The van der Waals surface area contributed by atoms with Crippen LogP contribution in [0.1, 0.15) is 23.8 Å². The van der Waals surface area contributed by atoms with Crippen molar-refractivity contribution in [2.45, 2.75) is 23.8 Å². The number of amides is 1. The zero-order valence-electron chi connectivity index (χ0n) is 16.3. The second-order valence-corrected chi connectivity index (χ2v) is 10.4. The van der Waals surface area contributed by atoms with Crippen molar-refractivity contribution in [1.29, 1.82) is 0 Å². The Hall–Kier alpha value is -1.88. The number of benzene rings is 1. The largest absolute Gasteiger partial charge is 0.339 e. The fourth-order valence-electron chi connectivity index (χ4n) is 4.06. The van der Waals surface area contributed by atoms with Crippen molar-refractivity contribution < 1.29 is 22.0 Å². The average Bonchev–Trinajstić information content (AvgIpc) is 3.41. The topological polar surface area (TPSA) is 60.9 Å². The molecule has 0 spiro atoms. The van der Waals surface area contributed by atoms with E-state index >= 15 is 0 Å². The lowest BCUT2D eigenvalue weighted by molar-refractivity contribution is -0.133. The number of hydrogen-bond donors (Lipinski definition) is 0. The van der Waals surface area contributed by atoms with E-state index in [-0.39, 0.29) is 43.0 Å². The predicted octanol–water partition coefficient (Wildman–Crippen LogP) is 2.70. The maximum Gasteiger partial charge on any atom is 0.243 e. The van der Waals surface area contributed by atoms with E-state index in [0.29, 0.717) is 12.6 Å². The molecular weight excluding hydrogens is 432 g/mol. The molecule has 162 valence electrons. The van der Waals surface area contributed by atoms with Crippen LogP contribution in [0.3, 0.4) is 0 Å². The molecule has 0 N–H and O–H groups in total. The maximum atomic E-state index is 13.5. The van der Waals surface area contributed by atoms with Gasteiger partial charge in [0.05, 0.1) is 11.4 Å². The molecule has 1 amide bonds. The van der Waals surface area contributed by atoms with E-state index in [1.54, 1.807) is 16.2 Å². The molecule has 2 saturated heterocycles. The van der Waals surface area contributed by atoms with Crippen molar-refractivity contribution in [2.75, 3.05) is 39.3 Å². The lowest BCUT2D eigenvalue weighted by Gasteiger charge is -2.35. The highest BCUT2D eigenvalue weighted by Gasteiger charge is 2.33. The number of rotatable bonds is 5. The van der Waals surface area contributed by atoms with Gasteiger partial charge < -0.3 is 4.90 Å². The number of thiophene rings is 1. The molecule has 1 atom stereocenters.